The number of amides is 1. The number of halogens is 1. The van der Waals surface area contributed by atoms with Gasteiger partial charge in [-0.15, -0.1) is 0 Å². The summed E-state index contributed by atoms with van der Waals surface area (Å²) >= 11 is 6.03. The summed E-state index contributed by atoms with van der Waals surface area (Å²) in [4.78, 5) is 21.6. The number of carbonyl (C=O) groups is 1. The number of nitrogens with two attached hydrogens (primary N) is 1. The summed E-state index contributed by atoms with van der Waals surface area (Å²) in [5.41, 5.74) is 7.82. The average molecular weight is 520 g/mol. The summed E-state index contributed by atoms with van der Waals surface area (Å²) < 4.78 is 26.9. The van der Waals surface area contributed by atoms with Gasteiger partial charge in [0.15, 0.2) is 0 Å². The highest BCUT2D eigenvalue weighted by Gasteiger charge is 2.34. The van der Waals surface area contributed by atoms with Crippen LogP contribution in [0, 0.1) is 11.8 Å². The Balaban J connectivity index is 1.30. The van der Waals surface area contributed by atoms with Crippen molar-refractivity contribution in [3.63, 3.8) is 0 Å². The van der Waals surface area contributed by atoms with Crippen LogP contribution in [0.2, 0.25) is 5.02 Å². The van der Waals surface area contributed by atoms with E-state index >= 15 is 0 Å². The molecule has 0 aliphatic carbocycles. The number of sulfonamides is 1. The van der Waals surface area contributed by atoms with Gasteiger partial charge in [0.2, 0.25) is 15.9 Å². The van der Waals surface area contributed by atoms with E-state index in [-0.39, 0.29) is 23.8 Å². The van der Waals surface area contributed by atoms with E-state index in [1.54, 1.807) is 18.3 Å². The number of nitrogen functional groups attached to an aromatic ring is 1. The Bertz CT molecular complexity index is 1110. The molecule has 1 aromatic carbocycles. The van der Waals surface area contributed by atoms with Gasteiger partial charge in [-0.2, -0.15) is 0 Å². The van der Waals surface area contributed by atoms with Gasteiger partial charge in [-0.25, -0.2) is 18.1 Å². The Hall–Kier alpha value is -2.20. The lowest BCUT2D eigenvalue weighted by atomic mass is 9.85. The smallest absolute Gasteiger partial charge is 0.225 e. The SMILES string of the molecule is CS(=O)(=O)NC(c1ccc(Cl)cc1)C1CCN(C(=O)C2CCN(Cc3ccnc(N)c3)CC2)CC1. The van der Waals surface area contributed by atoms with E-state index in [0.717, 1.165) is 56.4 Å². The van der Waals surface area contributed by atoms with Crippen molar-refractivity contribution in [3.8, 4) is 0 Å². The summed E-state index contributed by atoms with van der Waals surface area (Å²) in [5, 5.41) is 0.614. The number of aromatic nitrogens is 1. The van der Waals surface area contributed by atoms with Gasteiger partial charge in [0, 0.05) is 42.8 Å². The number of rotatable bonds is 7. The van der Waals surface area contributed by atoms with Crippen LogP contribution in [-0.4, -0.2) is 61.5 Å². The van der Waals surface area contributed by atoms with E-state index in [9.17, 15) is 13.2 Å². The number of nitrogens with zero attached hydrogens (tertiary/aromatic N) is 3. The molecule has 3 heterocycles. The molecular weight excluding hydrogens is 486 g/mol. The predicted molar refractivity (Wildman–Crippen MR) is 138 cm³/mol. The maximum Gasteiger partial charge on any atom is 0.225 e. The summed E-state index contributed by atoms with van der Waals surface area (Å²) in [6.45, 7) is 3.88. The third-order valence-electron chi connectivity index (χ3n) is 7.08. The first-order chi connectivity index (χ1) is 16.7. The standard InChI is InChI=1S/C25H34ClN5O3S/c1-35(33,34)29-24(19-2-4-22(26)5-3-19)20-9-14-31(15-10-20)25(32)21-7-12-30(13-8-21)17-18-6-11-28-23(27)16-18/h2-6,11,16,20-21,24,29H,7-10,12-15,17H2,1H3,(H2,27,28). The van der Waals surface area contributed by atoms with E-state index in [1.165, 1.54) is 6.26 Å². The number of anilines is 1. The highest BCUT2D eigenvalue weighted by molar-refractivity contribution is 7.88. The maximum atomic E-state index is 13.2. The highest BCUT2D eigenvalue weighted by atomic mass is 35.5. The quantitative estimate of drug-likeness (QED) is 0.582. The Morgan fingerprint density at radius 2 is 1.77 bits per heavy atom. The normalized spacial score (nSPS) is 19.5. The fourth-order valence-corrected chi connectivity index (χ4v) is 6.15. The molecule has 8 nitrogen and oxygen atoms in total. The lowest BCUT2D eigenvalue weighted by Gasteiger charge is -2.39. The van der Waals surface area contributed by atoms with E-state index in [0.29, 0.717) is 23.9 Å². The fraction of sp³-hybridized carbons (Fsp3) is 0.520. The lowest BCUT2D eigenvalue weighted by Crippen LogP contribution is -2.47. The van der Waals surface area contributed by atoms with Crippen molar-refractivity contribution in [1.82, 2.24) is 19.5 Å². The van der Waals surface area contributed by atoms with Gasteiger partial charge in [-0.1, -0.05) is 23.7 Å². The maximum absolute atomic E-state index is 13.2. The molecule has 35 heavy (non-hydrogen) atoms. The minimum Gasteiger partial charge on any atom is -0.384 e. The van der Waals surface area contributed by atoms with Crippen molar-refractivity contribution < 1.29 is 13.2 Å². The summed E-state index contributed by atoms with van der Waals surface area (Å²) in [7, 11) is -3.39. The van der Waals surface area contributed by atoms with Crippen molar-refractivity contribution in [2.24, 2.45) is 11.8 Å². The van der Waals surface area contributed by atoms with Crippen LogP contribution in [0.3, 0.4) is 0 Å². The molecular formula is C25H34ClN5O3S. The average Bonchev–Trinajstić information content (AvgIpc) is 2.83. The molecule has 1 aromatic heterocycles. The molecule has 2 fully saturated rings. The molecule has 1 amide bonds. The van der Waals surface area contributed by atoms with Crippen LogP contribution in [0.15, 0.2) is 42.6 Å². The first-order valence-electron chi connectivity index (χ1n) is 12.1. The number of hydrogen-bond acceptors (Lipinski definition) is 6. The molecule has 2 aliphatic rings. The van der Waals surface area contributed by atoms with Gasteiger partial charge < -0.3 is 10.6 Å². The lowest BCUT2D eigenvalue weighted by molar-refractivity contribution is -0.138. The number of carbonyl (C=O) groups excluding carboxylic acids is 1. The monoisotopic (exact) mass is 519 g/mol. The molecule has 2 aromatic rings. The van der Waals surface area contributed by atoms with Crippen LogP contribution >= 0.6 is 11.6 Å². The van der Waals surface area contributed by atoms with Crippen LogP contribution in [-0.2, 0) is 21.4 Å². The Morgan fingerprint density at radius 3 is 2.37 bits per heavy atom. The second-order valence-electron chi connectivity index (χ2n) is 9.72. The third-order valence-corrected chi connectivity index (χ3v) is 8.02. The summed E-state index contributed by atoms with van der Waals surface area (Å²) in [5.74, 6) is 0.924. The minimum atomic E-state index is -3.39. The molecule has 10 heteroatoms. The number of pyridine rings is 1. The fourth-order valence-electron chi connectivity index (χ4n) is 5.24. The molecule has 1 unspecified atom stereocenters. The number of piperidine rings is 2. The van der Waals surface area contributed by atoms with Crippen molar-refractivity contribution in [2.75, 3.05) is 38.2 Å². The van der Waals surface area contributed by atoms with Crippen LogP contribution in [0.25, 0.3) is 0 Å². The molecule has 0 spiro atoms. The molecule has 2 saturated heterocycles. The highest BCUT2D eigenvalue weighted by Crippen LogP contribution is 2.33. The van der Waals surface area contributed by atoms with Crippen molar-refractivity contribution in [2.45, 2.75) is 38.3 Å². The largest absolute Gasteiger partial charge is 0.384 e. The zero-order valence-electron chi connectivity index (χ0n) is 20.1. The van der Waals surface area contributed by atoms with E-state index in [4.69, 9.17) is 17.3 Å². The van der Waals surface area contributed by atoms with Crippen LogP contribution in [0.5, 0.6) is 0 Å². The van der Waals surface area contributed by atoms with Crippen molar-refractivity contribution in [1.29, 1.82) is 0 Å². The van der Waals surface area contributed by atoms with Crippen LogP contribution < -0.4 is 10.5 Å². The van der Waals surface area contributed by atoms with Crippen molar-refractivity contribution >= 4 is 33.3 Å². The Kier molecular flexibility index (Phi) is 8.31. The first kappa shape index (κ1) is 25.9. The van der Waals surface area contributed by atoms with E-state index in [2.05, 4.69) is 14.6 Å². The summed E-state index contributed by atoms with van der Waals surface area (Å²) in [6.07, 6.45) is 6.12. The van der Waals surface area contributed by atoms with E-state index < -0.39 is 10.0 Å². The van der Waals surface area contributed by atoms with Gasteiger partial charge in [-0.3, -0.25) is 9.69 Å². The topological polar surface area (TPSA) is 109 Å². The number of benzene rings is 1. The summed E-state index contributed by atoms with van der Waals surface area (Å²) in [6, 6.07) is 10.9. The van der Waals surface area contributed by atoms with E-state index in [1.807, 2.05) is 29.2 Å². The Morgan fingerprint density at radius 1 is 1.11 bits per heavy atom. The van der Waals surface area contributed by atoms with Gasteiger partial charge in [0.05, 0.1) is 6.26 Å². The molecule has 190 valence electrons. The van der Waals surface area contributed by atoms with Crippen molar-refractivity contribution in [3.05, 3.63) is 58.7 Å². The minimum absolute atomic E-state index is 0.0477. The molecule has 1 atom stereocenters. The predicted octanol–water partition coefficient (Wildman–Crippen LogP) is 3.06. The zero-order chi connectivity index (χ0) is 25.0. The second kappa shape index (κ2) is 11.2. The molecule has 0 bridgehead atoms. The van der Waals surface area contributed by atoms with Gasteiger partial charge >= 0.3 is 0 Å². The second-order valence-corrected chi connectivity index (χ2v) is 11.9. The number of nitrogens with one attached hydrogen (secondary N) is 1. The Labute approximate surface area is 212 Å². The molecule has 0 radical (unpaired) electrons. The van der Waals surface area contributed by atoms with Gasteiger partial charge in [-0.05, 0) is 80.1 Å². The van der Waals surface area contributed by atoms with Gasteiger partial charge in [0.25, 0.3) is 0 Å². The first-order valence-corrected chi connectivity index (χ1v) is 14.4. The molecule has 3 N–H and O–H groups in total. The molecule has 4 rings (SSSR count). The zero-order valence-corrected chi connectivity index (χ0v) is 21.6. The number of likely N-dealkylation sites (tertiary alicyclic amines) is 2. The number of hydrogen-bond donors (Lipinski definition) is 2. The molecule has 0 saturated carbocycles. The molecule has 2 aliphatic heterocycles. The van der Waals surface area contributed by atoms with Gasteiger partial charge in [0.1, 0.15) is 5.82 Å². The third kappa shape index (κ3) is 7.16. The van der Waals surface area contributed by atoms with Crippen LogP contribution in [0.1, 0.15) is 42.9 Å². The van der Waals surface area contributed by atoms with Crippen LogP contribution in [0.4, 0.5) is 5.82 Å².